The van der Waals surface area contributed by atoms with E-state index in [9.17, 15) is 31.3 Å². The zero-order valence-corrected chi connectivity index (χ0v) is 42.7. The maximum atomic E-state index is 13.8. The third-order valence-electron chi connectivity index (χ3n) is 15.4. The summed E-state index contributed by atoms with van der Waals surface area (Å²) in [6.45, 7) is 20.2. The number of carbonyl (C=O) groups is 2. The smallest absolute Gasteiger partial charge is 0.338 e. The summed E-state index contributed by atoms with van der Waals surface area (Å²) in [5, 5.41) is 24.0. The molecule has 23 nitrogen and oxygen atoms in total. The van der Waals surface area contributed by atoms with Crippen molar-refractivity contribution in [3.8, 4) is 0 Å². The average molecular weight is 1000 g/mol. The number of aliphatic hydroxyl groups excluding tert-OH is 1. The Morgan fingerprint density at radius 2 is 1.04 bits per heavy atom. The van der Waals surface area contributed by atoms with Crippen LogP contribution >= 0.6 is 0 Å². The molecule has 1 N–H and O–H groups in total. The Morgan fingerprint density at radius 3 is 1.56 bits per heavy atom. The van der Waals surface area contributed by atoms with Crippen LogP contribution in [0.3, 0.4) is 0 Å². The molecule has 0 bridgehead atoms. The van der Waals surface area contributed by atoms with Crippen LogP contribution in [-0.2, 0) is 56.9 Å². The maximum Gasteiger partial charge on any atom is 0.338 e. The van der Waals surface area contributed by atoms with E-state index in [1.165, 1.54) is 14.0 Å². The fourth-order valence-electron chi connectivity index (χ4n) is 10.9. The van der Waals surface area contributed by atoms with Gasteiger partial charge in [0, 0.05) is 33.7 Å². The van der Waals surface area contributed by atoms with Crippen molar-refractivity contribution in [3.05, 3.63) is 67.2 Å². The first kappa shape index (κ1) is 56.2. The zero-order valence-electron chi connectivity index (χ0n) is 42.7. The minimum atomic E-state index is -1.34. The van der Waals surface area contributed by atoms with E-state index in [-0.39, 0.29) is 23.7 Å². The summed E-state index contributed by atoms with van der Waals surface area (Å²) in [6.07, 6.45) is -12.9. The normalized spacial score (nSPS) is 43.7. The monoisotopic (exact) mass is 1000 g/mol. The van der Waals surface area contributed by atoms with Gasteiger partial charge in [-0.1, -0.05) is 95.9 Å². The first-order valence-corrected chi connectivity index (χ1v) is 25.0. The number of hydrogen-bond donors (Lipinski definition) is 1. The highest BCUT2D eigenvalue weighted by molar-refractivity contribution is 5.89. The quantitative estimate of drug-likeness (QED) is 0.0629. The first-order valence-electron chi connectivity index (χ1n) is 25.0. The Hall–Kier alpha value is -4.15. The van der Waals surface area contributed by atoms with Gasteiger partial charge in [0.1, 0.15) is 12.2 Å². The van der Waals surface area contributed by atoms with Gasteiger partial charge in [-0.3, -0.25) is 4.79 Å². The van der Waals surface area contributed by atoms with Crippen molar-refractivity contribution in [2.24, 2.45) is 50.9 Å². The molecule has 5 aliphatic rings. The molecule has 0 amide bonds. The van der Waals surface area contributed by atoms with E-state index in [0.29, 0.717) is 24.8 Å². The van der Waals surface area contributed by atoms with Gasteiger partial charge in [0.15, 0.2) is 43.3 Å². The highest BCUT2D eigenvalue weighted by atomic mass is 16.8. The van der Waals surface area contributed by atoms with Crippen molar-refractivity contribution in [1.82, 2.24) is 0 Å². The molecule has 1 aromatic carbocycles. The molecule has 5 aliphatic heterocycles. The van der Waals surface area contributed by atoms with Gasteiger partial charge in [0.2, 0.25) is 0 Å². The summed E-state index contributed by atoms with van der Waals surface area (Å²) in [5.74, 6) is -3.43. The van der Waals surface area contributed by atoms with Crippen LogP contribution in [0.25, 0.3) is 31.3 Å². The van der Waals surface area contributed by atoms with Crippen LogP contribution in [0.15, 0.2) is 45.7 Å². The number of rotatable bonds is 18. The molecule has 8 unspecified atom stereocenters. The number of azide groups is 3. The molecule has 0 saturated carbocycles. The molecule has 5 heterocycles. The van der Waals surface area contributed by atoms with Crippen molar-refractivity contribution in [2.75, 3.05) is 7.11 Å². The number of nitrogens with zero attached hydrogens (tertiary/aromatic N) is 9. The molecule has 6 rings (SSSR count). The summed E-state index contributed by atoms with van der Waals surface area (Å²) >= 11 is 0. The molecule has 0 aromatic heterocycles. The minimum Gasteiger partial charge on any atom is -0.453 e. The van der Waals surface area contributed by atoms with Crippen LogP contribution in [0, 0.1) is 35.5 Å². The third kappa shape index (κ3) is 12.1. The lowest BCUT2D eigenvalue weighted by molar-refractivity contribution is -0.360. The number of esters is 1. The standard InChI is InChI=1S/C48H73N9O14/c1-13-30-21(4)22(5)33(52-55-49)45(63-30)70-40-25(8)36(59)47(71-42(40)27(10)58)68-38-24(7)35(54-57-51)46(65-32(38)15-3)67-37-26(9)41(66-43(60)29-19-17-16-18-20-29)48(62-28(37)11)69-39-23(6)34(53-56-50)44(61-12)64-31(39)14-2/h16-26,28,30-42,44-48,59H,13-15H2,1-12H3/t21-,22-,23+,24+,25+,26-,28?,30-,31?,32?,33?,34?,35?,36?,37-,38-,39-,40-,41?,42-,44-,45+,46+,47+,48+/m0/s1. The van der Waals surface area contributed by atoms with E-state index in [4.69, 9.17) is 52.1 Å². The van der Waals surface area contributed by atoms with Crippen LogP contribution in [0.4, 0.5) is 0 Å². The number of ketones is 1. The van der Waals surface area contributed by atoms with Crippen molar-refractivity contribution in [1.29, 1.82) is 0 Å². The molecular formula is C48H73N9O14. The van der Waals surface area contributed by atoms with Crippen molar-refractivity contribution < 1.29 is 66.8 Å². The van der Waals surface area contributed by atoms with Gasteiger partial charge in [-0.05, 0) is 85.5 Å². The second-order valence-corrected chi connectivity index (χ2v) is 19.7. The van der Waals surface area contributed by atoms with Gasteiger partial charge in [0.25, 0.3) is 0 Å². The van der Waals surface area contributed by atoms with E-state index < -0.39 is 140 Å². The third-order valence-corrected chi connectivity index (χ3v) is 15.4. The van der Waals surface area contributed by atoms with Gasteiger partial charge in [0.05, 0.1) is 72.5 Å². The van der Waals surface area contributed by atoms with Crippen LogP contribution in [-0.4, -0.2) is 141 Å². The van der Waals surface area contributed by atoms with Gasteiger partial charge in [-0.2, -0.15) is 0 Å². The van der Waals surface area contributed by atoms with Gasteiger partial charge >= 0.3 is 5.97 Å². The molecule has 25 atom stereocenters. The maximum absolute atomic E-state index is 13.8. The second kappa shape index (κ2) is 25.2. The Balaban J connectivity index is 1.22. The number of aliphatic hydroxyl groups is 1. The lowest BCUT2D eigenvalue weighted by Crippen LogP contribution is -2.63. The zero-order chi connectivity index (χ0) is 51.8. The fourth-order valence-corrected chi connectivity index (χ4v) is 10.9. The van der Waals surface area contributed by atoms with E-state index in [1.54, 1.807) is 44.2 Å². The first-order chi connectivity index (χ1) is 34.0. The number of ether oxygens (including phenoxy) is 11. The number of hydrogen-bond acceptors (Lipinski definition) is 17. The molecule has 5 saturated heterocycles. The van der Waals surface area contributed by atoms with Gasteiger partial charge < -0.3 is 57.2 Å². The Labute approximate surface area is 414 Å². The van der Waals surface area contributed by atoms with E-state index in [2.05, 4.69) is 30.1 Å². The lowest BCUT2D eigenvalue weighted by Gasteiger charge is -2.51. The van der Waals surface area contributed by atoms with Crippen molar-refractivity contribution >= 4 is 11.8 Å². The molecule has 5 fully saturated rings. The average Bonchev–Trinajstić information content (AvgIpc) is 3.36. The van der Waals surface area contributed by atoms with Crippen LogP contribution < -0.4 is 0 Å². The molecular weight excluding hydrogens is 927 g/mol. The molecule has 0 spiro atoms. The van der Waals surface area contributed by atoms with Gasteiger partial charge in [-0.15, -0.1) is 0 Å². The summed E-state index contributed by atoms with van der Waals surface area (Å²) in [5.41, 5.74) is 29.1. The molecule has 1 aromatic rings. The van der Waals surface area contributed by atoms with E-state index in [0.717, 1.165) is 0 Å². The second-order valence-electron chi connectivity index (χ2n) is 19.7. The summed E-state index contributed by atoms with van der Waals surface area (Å²) in [6, 6.07) is 6.06. The number of carbonyl (C=O) groups excluding carboxylic acids is 2. The highest BCUT2D eigenvalue weighted by Crippen LogP contribution is 2.43. The molecule has 0 aliphatic carbocycles. The predicted octanol–water partition coefficient (Wildman–Crippen LogP) is 8.08. The number of benzene rings is 1. The largest absolute Gasteiger partial charge is 0.453 e. The van der Waals surface area contributed by atoms with Gasteiger partial charge in [-0.25, -0.2) is 4.79 Å². The number of methoxy groups -OCH3 is 1. The minimum absolute atomic E-state index is 0.0658. The Morgan fingerprint density at radius 1 is 0.563 bits per heavy atom. The lowest BCUT2D eigenvalue weighted by atomic mass is 9.81. The molecule has 23 heteroatoms. The topological polar surface area (TPSA) is 302 Å². The summed E-state index contributed by atoms with van der Waals surface area (Å²) in [7, 11) is 1.48. The predicted molar refractivity (Wildman–Crippen MR) is 252 cm³/mol. The summed E-state index contributed by atoms with van der Waals surface area (Å²) < 4.78 is 70.4. The molecule has 0 radical (unpaired) electrons. The van der Waals surface area contributed by atoms with Crippen LogP contribution in [0.2, 0.25) is 0 Å². The van der Waals surface area contributed by atoms with E-state index >= 15 is 0 Å². The summed E-state index contributed by atoms with van der Waals surface area (Å²) in [4.78, 5) is 36.4. The fraction of sp³-hybridized carbons (Fsp3) is 0.833. The van der Waals surface area contributed by atoms with Crippen molar-refractivity contribution in [2.45, 2.75) is 212 Å². The van der Waals surface area contributed by atoms with E-state index in [1.807, 2.05) is 55.4 Å². The Kier molecular flexibility index (Phi) is 19.9. The van der Waals surface area contributed by atoms with Crippen molar-refractivity contribution in [3.63, 3.8) is 0 Å². The Bertz CT molecular complexity index is 2080. The highest BCUT2D eigenvalue weighted by Gasteiger charge is 2.55. The SMILES string of the molecule is CCC1O[C@H](O[C@@H]2C(C)O[C@H](O[C@@H]3C(CC)O[C@H](OC)C(N=[N+]=[N-])[C@H]3C)C(OC(=O)c3ccccc3)[C@H]2C)C(N=[N+]=[N-])[C@@H](C)[C@@H]1O[C@@H]1O[C@@H](C(C)=O)[C@@H](O[C@H]2O[C@@H](CC)[C@@H](C)[C@H](C)C2N=[N+]=[N-])[C@H](C)C1O. The van der Waals surface area contributed by atoms with Crippen LogP contribution in [0.5, 0.6) is 0 Å². The number of Topliss-reactive ketones (excluding diaryl/α,β-unsaturated/α-hetero) is 1. The molecule has 71 heavy (non-hydrogen) atoms. The van der Waals surface area contributed by atoms with Crippen LogP contribution in [0.1, 0.15) is 106 Å². The molecule has 394 valence electrons.